The summed E-state index contributed by atoms with van der Waals surface area (Å²) >= 11 is 1.59. The largest absolute Gasteiger partial charge is 0.372 e. The zero-order valence-electron chi connectivity index (χ0n) is 10.9. The molecule has 2 atom stereocenters. The molecule has 2 rings (SSSR count). The first-order valence-corrected chi connectivity index (χ1v) is 6.97. The van der Waals surface area contributed by atoms with E-state index in [0.717, 1.165) is 10.7 Å². The molecule has 98 valence electrons. The van der Waals surface area contributed by atoms with Crippen molar-refractivity contribution in [3.8, 4) is 0 Å². The Kier molecular flexibility index (Phi) is 4.14. The Labute approximate surface area is 111 Å². The number of hydrogen-bond acceptors (Lipinski definition) is 4. The molecule has 0 N–H and O–H groups in total. The molecule has 2 unspecified atom stereocenters. The van der Waals surface area contributed by atoms with Crippen molar-refractivity contribution in [2.45, 2.75) is 33.0 Å². The van der Waals surface area contributed by atoms with Crippen molar-refractivity contribution in [2.24, 2.45) is 0 Å². The SMILES string of the molecule is Cc1nc(/C=C/C(=O)N2CC(C)OC(C)C2)cs1. The van der Waals surface area contributed by atoms with Gasteiger partial charge in [-0.2, -0.15) is 0 Å². The first kappa shape index (κ1) is 13.2. The van der Waals surface area contributed by atoms with Gasteiger partial charge < -0.3 is 9.64 Å². The molecule has 1 aliphatic heterocycles. The fourth-order valence-electron chi connectivity index (χ4n) is 2.08. The summed E-state index contributed by atoms with van der Waals surface area (Å²) in [5.41, 5.74) is 0.847. The van der Waals surface area contributed by atoms with Crippen LogP contribution in [0, 0.1) is 6.92 Å². The highest BCUT2D eigenvalue weighted by molar-refractivity contribution is 7.09. The summed E-state index contributed by atoms with van der Waals surface area (Å²) in [5, 5.41) is 2.96. The number of nitrogens with zero attached hydrogens (tertiary/aromatic N) is 2. The minimum atomic E-state index is 0.0302. The normalized spacial score (nSPS) is 24.7. The zero-order valence-corrected chi connectivity index (χ0v) is 11.7. The lowest BCUT2D eigenvalue weighted by Gasteiger charge is -2.34. The molecule has 0 radical (unpaired) electrons. The van der Waals surface area contributed by atoms with E-state index in [1.54, 1.807) is 23.5 Å². The lowest BCUT2D eigenvalue weighted by atomic mass is 10.2. The van der Waals surface area contributed by atoms with Gasteiger partial charge in [0, 0.05) is 24.5 Å². The van der Waals surface area contributed by atoms with Crippen molar-refractivity contribution in [3.05, 3.63) is 22.2 Å². The fourth-order valence-corrected chi connectivity index (χ4v) is 2.66. The zero-order chi connectivity index (χ0) is 13.1. The molecule has 4 nitrogen and oxygen atoms in total. The summed E-state index contributed by atoms with van der Waals surface area (Å²) in [5.74, 6) is 0.0302. The molecule has 0 aromatic carbocycles. The second-order valence-corrected chi connectivity index (χ2v) is 5.69. The quantitative estimate of drug-likeness (QED) is 0.770. The van der Waals surface area contributed by atoms with Crippen molar-refractivity contribution in [2.75, 3.05) is 13.1 Å². The number of aromatic nitrogens is 1. The van der Waals surface area contributed by atoms with Gasteiger partial charge in [-0.05, 0) is 26.8 Å². The van der Waals surface area contributed by atoms with Crippen LogP contribution < -0.4 is 0 Å². The highest BCUT2D eigenvalue weighted by Crippen LogP contribution is 2.13. The van der Waals surface area contributed by atoms with Crippen LogP contribution in [0.25, 0.3) is 6.08 Å². The lowest BCUT2D eigenvalue weighted by Crippen LogP contribution is -2.47. The second kappa shape index (κ2) is 5.63. The molecule has 1 saturated heterocycles. The standard InChI is InChI=1S/C13H18N2O2S/c1-9-6-15(7-10(2)17-9)13(16)5-4-12-8-18-11(3)14-12/h4-5,8-10H,6-7H2,1-3H3/b5-4+. The summed E-state index contributed by atoms with van der Waals surface area (Å²) in [7, 11) is 0. The molecule has 1 aromatic rings. The summed E-state index contributed by atoms with van der Waals surface area (Å²) in [4.78, 5) is 18.2. The fraction of sp³-hybridized carbons (Fsp3) is 0.538. The van der Waals surface area contributed by atoms with Gasteiger partial charge in [0.1, 0.15) is 0 Å². The highest BCUT2D eigenvalue weighted by atomic mass is 32.1. The van der Waals surface area contributed by atoms with E-state index in [0.29, 0.717) is 13.1 Å². The Balaban J connectivity index is 1.97. The number of carbonyl (C=O) groups excluding carboxylic acids is 1. The van der Waals surface area contributed by atoms with E-state index >= 15 is 0 Å². The van der Waals surface area contributed by atoms with Crippen LogP contribution in [0.5, 0.6) is 0 Å². The topological polar surface area (TPSA) is 42.4 Å². The second-order valence-electron chi connectivity index (χ2n) is 4.63. The number of rotatable bonds is 2. The highest BCUT2D eigenvalue weighted by Gasteiger charge is 2.24. The Morgan fingerprint density at radius 3 is 2.72 bits per heavy atom. The van der Waals surface area contributed by atoms with E-state index in [4.69, 9.17) is 4.74 Å². The van der Waals surface area contributed by atoms with Gasteiger partial charge >= 0.3 is 0 Å². The minimum absolute atomic E-state index is 0.0302. The number of thiazole rings is 1. The molecular formula is C13H18N2O2S. The monoisotopic (exact) mass is 266 g/mol. The third-order valence-electron chi connectivity index (χ3n) is 2.76. The summed E-state index contributed by atoms with van der Waals surface area (Å²) in [6.45, 7) is 7.25. The van der Waals surface area contributed by atoms with Crippen molar-refractivity contribution in [1.29, 1.82) is 0 Å². The Morgan fingerprint density at radius 1 is 1.50 bits per heavy atom. The van der Waals surface area contributed by atoms with E-state index in [1.165, 1.54) is 0 Å². The molecule has 0 aliphatic carbocycles. The summed E-state index contributed by atoms with van der Waals surface area (Å²) < 4.78 is 5.60. The molecule has 5 heteroatoms. The molecule has 18 heavy (non-hydrogen) atoms. The van der Waals surface area contributed by atoms with E-state index in [-0.39, 0.29) is 18.1 Å². The Bertz CT molecular complexity index is 446. The van der Waals surface area contributed by atoms with Crippen molar-refractivity contribution in [3.63, 3.8) is 0 Å². The van der Waals surface area contributed by atoms with Crippen LogP contribution in [0.4, 0.5) is 0 Å². The maximum absolute atomic E-state index is 12.0. The van der Waals surface area contributed by atoms with Crippen LogP contribution in [0.2, 0.25) is 0 Å². The van der Waals surface area contributed by atoms with E-state index in [9.17, 15) is 4.79 Å². The average molecular weight is 266 g/mol. The van der Waals surface area contributed by atoms with Crippen LogP contribution in [-0.2, 0) is 9.53 Å². The van der Waals surface area contributed by atoms with Crippen molar-refractivity contribution >= 4 is 23.3 Å². The molecule has 2 heterocycles. The Morgan fingerprint density at radius 2 is 2.17 bits per heavy atom. The summed E-state index contributed by atoms with van der Waals surface area (Å²) in [6.07, 6.45) is 3.58. The third-order valence-corrected chi connectivity index (χ3v) is 3.56. The number of amides is 1. The van der Waals surface area contributed by atoms with Gasteiger partial charge in [0.15, 0.2) is 0 Å². The van der Waals surface area contributed by atoms with Gasteiger partial charge in [-0.1, -0.05) is 0 Å². The molecule has 0 bridgehead atoms. The molecule has 1 fully saturated rings. The molecule has 1 amide bonds. The smallest absolute Gasteiger partial charge is 0.246 e. The van der Waals surface area contributed by atoms with Gasteiger partial charge in [-0.3, -0.25) is 4.79 Å². The predicted molar refractivity (Wildman–Crippen MR) is 72.5 cm³/mol. The van der Waals surface area contributed by atoms with Gasteiger partial charge in [0.2, 0.25) is 5.91 Å². The molecule has 0 spiro atoms. The number of hydrogen-bond donors (Lipinski definition) is 0. The van der Waals surface area contributed by atoms with Crippen LogP contribution in [0.3, 0.4) is 0 Å². The number of morpholine rings is 1. The van der Waals surface area contributed by atoms with E-state index in [1.807, 2.05) is 31.1 Å². The molecular weight excluding hydrogens is 248 g/mol. The van der Waals surface area contributed by atoms with Crippen molar-refractivity contribution in [1.82, 2.24) is 9.88 Å². The third kappa shape index (κ3) is 3.40. The summed E-state index contributed by atoms with van der Waals surface area (Å²) in [6, 6.07) is 0. The van der Waals surface area contributed by atoms with Gasteiger partial charge in [-0.25, -0.2) is 4.98 Å². The Hall–Kier alpha value is -1.20. The van der Waals surface area contributed by atoms with Crippen LogP contribution in [0.15, 0.2) is 11.5 Å². The number of carbonyl (C=O) groups is 1. The maximum Gasteiger partial charge on any atom is 0.246 e. The van der Waals surface area contributed by atoms with Crippen LogP contribution in [0.1, 0.15) is 24.5 Å². The minimum Gasteiger partial charge on any atom is -0.372 e. The van der Waals surface area contributed by atoms with Crippen LogP contribution in [-0.4, -0.2) is 41.1 Å². The molecule has 1 aromatic heterocycles. The first-order valence-electron chi connectivity index (χ1n) is 6.09. The van der Waals surface area contributed by atoms with E-state index < -0.39 is 0 Å². The van der Waals surface area contributed by atoms with Crippen molar-refractivity contribution < 1.29 is 9.53 Å². The molecule has 1 aliphatic rings. The van der Waals surface area contributed by atoms with Crippen LogP contribution >= 0.6 is 11.3 Å². The number of ether oxygens (including phenoxy) is 1. The van der Waals surface area contributed by atoms with Gasteiger partial charge in [-0.15, -0.1) is 11.3 Å². The first-order chi connectivity index (χ1) is 8.54. The van der Waals surface area contributed by atoms with E-state index in [2.05, 4.69) is 4.98 Å². The predicted octanol–water partition coefficient (Wildman–Crippen LogP) is 2.10. The maximum atomic E-state index is 12.0. The number of aryl methyl sites for hydroxylation is 1. The lowest BCUT2D eigenvalue weighted by molar-refractivity contribution is -0.137. The van der Waals surface area contributed by atoms with Gasteiger partial charge in [0.05, 0.1) is 22.9 Å². The van der Waals surface area contributed by atoms with Gasteiger partial charge in [0.25, 0.3) is 0 Å². The molecule has 0 saturated carbocycles. The average Bonchev–Trinajstić information content (AvgIpc) is 2.70.